The summed E-state index contributed by atoms with van der Waals surface area (Å²) in [6.45, 7) is 4.80. The summed E-state index contributed by atoms with van der Waals surface area (Å²) in [6.07, 6.45) is 4.58. The zero-order chi connectivity index (χ0) is 24.4. The number of para-hydroxylation sites is 1. The Labute approximate surface area is 205 Å². The largest absolute Gasteiger partial charge is 0.494 e. The van der Waals surface area contributed by atoms with Crippen LogP contribution in [-0.4, -0.2) is 12.5 Å². The molecule has 5 nitrogen and oxygen atoms in total. The Bertz CT molecular complexity index is 1410. The lowest BCUT2D eigenvalue weighted by Crippen LogP contribution is -2.29. The summed E-state index contributed by atoms with van der Waals surface area (Å²) in [4.78, 5) is 29.0. The van der Waals surface area contributed by atoms with Crippen molar-refractivity contribution in [2.45, 2.75) is 45.6 Å². The number of carbonyl (C=O) groups excluding carboxylic acids is 1. The predicted octanol–water partition coefficient (Wildman–Crippen LogP) is 6.81. The van der Waals surface area contributed by atoms with E-state index < -0.39 is 6.04 Å². The molecular weight excluding hydrogens is 438 g/mol. The average molecular weight is 468 g/mol. The first-order chi connectivity index (χ1) is 17.1. The first-order valence-electron chi connectivity index (χ1n) is 12.3. The number of hydrogen-bond acceptors (Lipinski definition) is 4. The molecule has 3 aromatic carbocycles. The molecule has 35 heavy (non-hydrogen) atoms. The van der Waals surface area contributed by atoms with Crippen LogP contribution in [0.3, 0.4) is 0 Å². The number of nitrogens with zero attached hydrogens (tertiary/aromatic N) is 1. The molecule has 2 heterocycles. The fraction of sp³-hybridized carbons (Fsp3) is 0.267. The maximum absolute atomic E-state index is 13.7. The molecule has 1 aromatic heterocycles. The Morgan fingerprint density at radius 3 is 2.43 bits per heavy atom. The SMILES string of the molecule is CCCCCCOc1ccc(C2c3c(oc4ccc(C)cc4c3=O)C(=O)N2c2ccccc2)cc1. The Hall–Kier alpha value is -3.86. The number of rotatable bonds is 8. The lowest BCUT2D eigenvalue weighted by molar-refractivity contribution is 0.0971. The Morgan fingerprint density at radius 2 is 1.69 bits per heavy atom. The van der Waals surface area contributed by atoms with E-state index in [-0.39, 0.29) is 17.1 Å². The lowest BCUT2D eigenvalue weighted by atomic mass is 9.98. The van der Waals surface area contributed by atoms with Crippen molar-refractivity contribution >= 4 is 22.6 Å². The molecule has 0 radical (unpaired) electrons. The van der Waals surface area contributed by atoms with E-state index in [0.29, 0.717) is 28.8 Å². The van der Waals surface area contributed by atoms with E-state index in [2.05, 4.69) is 6.92 Å². The molecule has 1 unspecified atom stereocenters. The van der Waals surface area contributed by atoms with Crippen molar-refractivity contribution in [3.05, 3.63) is 105 Å². The number of hydrogen-bond donors (Lipinski definition) is 0. The Kier molecular flexibility index (Phi) is 6.41. The van der Waals surface area contributed by atoms with Gasteiger partial charge in [0.1, 0.15) is 11.3 Å². The summed E-state index contributed by atoms with van der Waals surface area (Å²) >= 11 is 0. The van der Waals surface area contributed by atoms with Crippen LogP contribution in [0.5, 0.6) is 5.75 Å². The van der Waals surface area contributed by atoms with Crippen LogP contribution in [0, 0.1) is 6.92 Å². The van der Waals surface area contributed by atoms with Gasteiger partial charge >= 0.3 is 0 Å². The molecule has 0 N–H and O–H groups in total. The van der Waals surface area contributed by atoms with Gasteiger partial charge in [0.05, 0.1) is 23.6 Å². The number of amides is 1. The number of ether oxygens (including phenoxy) is 1. The highest BCUT2D eigenvalue weighted by Crippen LogP contribution is 2.41. The molecule has 1 amide bonds. The van der Waals surface area contributed by atoms with Gasteiger partial charge in [0.25, 0.3) is 5.91 Å². The molecule has 178 valence electrons. The van der Waals surface area contributed by atoms with E-state index in [0.717, 1.165) is 29.7 Å². The number of anilines is 1. The van der Waals surface area contributed by atoms with Gasteiger partial charge in [-0.1, -0.05) is 68.1 Å². The van der Waals surface area contributed by atoms with Gasteiger partial charge < -0.3 is 9.15 Å². The fourth-order valence-corrected chi connectivity index (χ4v) is 4.72. The van der Waals surface area contributed by atoms with E-state index >= 15 is 0 Å². The Balaban J connectivity index is 1.56. The molecule has 1 atom stereocenters. The zero-order valence-electron chi connectivity index (χ0n) is 20.1. The quantitative estimate of drug-likeness (QED) is 0.267. The maximum Gasteiger partial charge on any atom is 0.295 e. The van der Waals surface area contributed by atoms with Gasteiger partial charge in [0.2, 0.25) is 5.76 Å². The van der Waals surface area contributed by atoms with Gasteiger partial charge in [-0.15, -0.1) is 0 Å². The molecule has 5 heteroatoms. The monoisotopic (exact) mass is 467 g/mol. The second kappa shape index (κ2) is 9.79. The number of aryl methyl sites for hydroxylation is 1. The molecule has 0 fully saturated rings. The predicted molar refractivity (Wildman–Crippen MR) is 138 cm³/mol. The second-order valence-corrected chi connectivity index (χ2v) is 9.06. The molecule has 1 aliphatic heterocycles. The molecule has 5 rings (SSSR count). The van der Waals surface area contributed by atoms with Gasteiger partial charge in [-0.2, -0.15) is 0 Å². The normalized spacial score (nSPS) is 15.0. The molecule has 0 saturated carbocycles. The summed E-state index contributed by atoms with van der Waals surface area (Å²) < 4.78 is 12.0. The molecule has 0 aliphatic carbocycles. The molecule has 0 bridgehead atoms. The van der Waals surface area contributed by atoms with Gasteiger partial charge in [0.15, 0.2) is 5.43 Å². The van der Waals surface area contributed by atoms with Crippen LogP contribution in [-0.2, 0) is 0 Å². The van der Waals surface area contributed by atoms with Crippen molar-refractivity contribution in [2.75, 3.05) is 11.5 Å². The number of unbranched alkanes of at least 4 members (excludes halogenated alkanes) is 3. The van der Waals surface area contributed by atoms with Crippen molar-refractivity contribution in [3.63, 3.8) is 0 Å². The summed E-state index contributed by atoms with van der Waals surface area (Å²) in [5, 5.41) is 0.489. The third kappa shape index (κ3) is 4.34. The van der Waals surface area contributed by atoms with Crippen molar-refractivity contribution in [3.8, 4) is 5.75 Å². The van der Waals surface area contributed by atoms with Gasteiger partial charge in [-0.3, -0.25) is 14.5 Å². The topological polar surface area (TPSA) is 59.8 Å². The third-order valence-electron chi connectivity index (χ3n) is 6.52. The van der Waals surface area contributed by atoms with Crippen LogP contribution in [0.2, 0.25) is 0 Å². The van der Waals surface area contributed by atoms with Crippen molar-refractivity contribution < 1.29 is 13.9 Å². The van der Waals surface area contributed by atoms with Crippen LogP contribution < -0.4 is 15.1 Å². The van der Waals surface area contributed by atoms with Crippen molar-refractivity contribution in [2.24, 2.45) is 0 Å². The summed E-state index contributed by atoms with van der Waals surface area (Å²) in [5.74, 6) is 0.575. The van der Waals surface area contributed by atoms with Crippen LogP contribution in [0.1, 0.15) is 65.9 Å². The van der Waals surface area contributed by atoms with Crippen molar-refractivity contribution in [1.82, 2.24) is 0 Å². The minimum atomic E-state index is -0.584. The van der Waals surface area contributed by atoms with Crippen molar-refractivity contribution in [1.29, 1.82) is 0 Å². The van der Waals surface area contributed by atoms with Crippen LogP contribution in [0.4, 0.5) is 5.69 Å². The first kappa shape index (κ1) is 22.9. The molecule has 4 aromatic rings. The lowest BCUT2D eigenvalue weighted by Gasteiger charge is -2.25. The van der Waals surface area contributed by atoms with Crippen LogP contribution in [0.25, 0.3) is 11.0 Å². The van der Waals surface area contributed by atoms with E-state index in [1.54, 1.807) is 11.0 Å². The number of benzene rings is 3. The minimum absolute atomic E-state index is 0.108. The smallest absolute Gasteiger partial charge is 0.295 e. The highest BCUT2D eigenvalue weighted by molar-refractivity contribution is 6.10. The van der Waals surface area contributed by atoms with Gasteiger partial charge in [-0.05, 0) is 55.3 Å². The van der Waals surface area contributed by atoms with Gasteiger partial charge in [0, 0.05) is 5.69 Å². The van der Waals surface area contributed by atoms with Gasteiger partial charge in [-0.25, -0.2) is 0 Å². The van der Waals surface area contributed by atoms with Crippen LogP contribution >= 0.6 is 0 Å². The highest BCUT2D eigenvalue weighted by Gasteiger charge is 2.43. The zero-order valence-corrected chi connectivity index (χ0v) is 20.1. The Morgan fingerprint density at radius 1 is 0.914 bits per heavy atom. The first-order valence-corrected chi connectivity index (χ1v) is 12.3. The average Bonchev–Trinajstić information content (AvgIpc) is 3.18. The van der Waals surface area contributed by atoms with E-state index in [1.807, 2.05) is 73.7 Å². The minimum Gasteiger partial charge on any atom is -0.494 e. The maximum atomic E-state index is 13.7. The van der Waals surface area contributed by atoms with Crippen LogP contribution in [0.15, 0.2) is 82.0 Å². The molecule has 0 spiro atoms. The third-order valence-corrected chi connectivity index (χ3v) is 6.52. The van der Waals surface area contributed by atoms with E-state index in [9.17, 15) is 9.59 Å². The highest BCUT2D eigenvalue weighted by atomic mass is 16.5. The summed E-state index contributed by atoms with van der Waals surface area (Å²) in [6, 6.07) is 22.0. The summed E-state index contributed by atoms with van der Waals surface area (Å²) in [7, 11) is 0. The molecule has 1 aliphatic rings. The molecule has 0 saturated heterocycles. The molecular formula is C30H29NO4. The standard InChI is InChI=1S/C30H29NO4/c1-3-4-5-9-18-34-23-15-13-21(14-16-23)27-26-28(32)24-19-20(2)12-17-25(24)35-29(26)30(33)31(27)22-10-7-6-8-11-22/h6-8,10-17,19,27H,3-5,9,18H2,1-2H3. The number of carbonyl (C=O) groups is 1. The van der Waals surface area contributed by atoms with E-state index in [1.165, 1.54) is 12.8 Å². The second-order valence-electron chi connectivity index (χ2n) is 9.06. The number of fused-ring (bicyclic) bond motifs is 2. The van der Waals surface area contributed by atoms with E-state index in [4.69, 9.17) is 9.15 Å². The summed E-state index contributed by atoms with van der Waals surface area (Å²) in [5.41, 5.74) is 3.14. The fourth-order valence-electron chi connectivity index (χ4n) is 4.72.